The second kappa shape index (κ2) is 6.15. The van der Waals surface area contributed by atoms with Crippen molar-refractivity contribution in [3.63, 3.8) is 0 Å². The summed E-state index contributed by atoms with van der Waals surface area (Å²) in [6, 6.07) is 6.67. The van der Waals surface area contributed by atoms with E-state index in [0.29, 0.717) is 31.3 Å². The van der Waals surface area contributed by atoms with Crippen LogP contribution in [-0.4, -0.2) is 27.4 Å². The molecule has 0 radical (unpaired) electrons. The molecule has 0 spiro atoms. The summed E-state index contributed by atoms with van der Waals surface area (Å²) in [5.41, 5.74) is 0.782. The first kappa shape index (κ1) is 16.1. The lowest BCUT2D eigenvalue weighted by Gasteiger charge is -2.22. The zero-order valence-electron chi connectivity index (χ0n) is 13.8. The molecule has 130 valence electrons. The molecule has 3 fully saturated rings. The average molecular weight is 348 g/mol. The second-order valence-electron chi connectivity index (χ2n) is 7.43. The Hall–Kier alpha value is -1.40. The molecule has 5 nitrogen and oxygen atoms in total. The quantitative estimate of drug-likeness (QED) is 0.889. The Morgan fingerprint density at radius 2 is 1.92 bits per heavy atom. The van der Waals surface area contributed by atoms with E-state index in [4.69, 9.17) is 0 Å². The van der Waals surface area contributed by atoms with Crippen molar-refractivity contribution < 1.29 is 13.2 Å². The van der Waals surface area contributed by atoms with Gasteiger partial charge < -0.3 is 4.90 Å². The topological polar surface area (TPSA) is 66.5 Å². The Balaban J connectivity index is 1.41. The molecule has 1 amide bonds. The van der Waals surface area contributed by atoms with Crippen LogP contribution >= 0.6 is 0 Å². The van der Waals surface area contributed by atoms with Gasteiger partial charge in [-0.1, -0.05) is 6.42 Å². The third-order valence-electron chi connectivity index (χ3n) is 5.95. The van der Waals surface area contributed by atoms with Crippen LogP contribution in [0.4, 0.5) is 5.69 Å². The molecule has 2 aliphatic carbocycles. The highest BCUT2D eigenvalue weighted by Crippen LogP contribution is 2.48. The van der Waals surface area contributed by atoms with Crippen LogP contribution in [0.5, 0.6) is 0 Å². The van der Waals surface area contributed by atoms with Gasteiger partial charge in [-0.05, 0) is 67.7 Å². The van der Waals surface area contributed by atoms with Crippen LogP contribution in [0.3, 0.4) is 0 Å². The maximum absolute atomic E-state index is 12.5. The number of carbonyl (C=O) groups is 1. The van der Waals surface area contributed by atoms with E-state index in [1.807, 2.05) is 0 Å². The minimum Gasteiger partial charge on any atom is -0.312 e. The predicted octanol–water partition coefficient (Wildman–Crippen LogP) is 2.53. The largest absolute Gasteiger partial charge is 0.312 e. The first-order valence-electron chi connectivity index (χ1n) is 8.93. The Morgan fingerprint density at radius 1 is 1.12 bits per heavy atom. The number of nitrogens with zero attached hydrogens (tertiary/aromatic N) is 1. The average Bonchev–Trinajstić information content (AvgIpc) is 3.30. The molecular weight excluding hydrogens is 324 g/mol. The number of carbonyl (C=O) groups excluding carboxylic acids is 1. The molecule has 0 aromatic heterocycles. The van der Waals surface area contributed by atoms with Gasteiger partial charge in [-0.3, -0.25) is 4.79 Å². The third-order valence-corrected chi connectivity index (χ3v) is 7.39. The lowest BCUT2D eigenvalue weighted by Crippen LogP contribution is -2.31. The summed E-state index contributed by atoms with van der Waals surface area (Å²) in [5.74, 6) is 2.14. The third kappa shape index (κ3) is 2.97. The van der Waals surface area contributed by atoms with Crippen molar-refractivity contribution in [2.45, 2.75) is 43.4 Å². The number of hydrogen-bond donors (Lipinski definition) is 1. The predicted molar refractivity (Wildman–Crippen MR) is 92.2 cm³/mol. The van der Waals surface area contributed by atoms with Gasteiger partial charge in [-0.25, -0.2) is 13.1 Å². The van der Waals surface area contributed by atoms with Crippen LogP contribution in [0.1, 0.15) is 38.5 Å². The number of benzene rings is 1. The first-order valence-corrected chi connectivity index (χ1v) is 10.4. The summed E-state index contributed by atoms with van der Waals surface area (Å²) in [5, 5.41) is 0. The van der Waals surface area contributed by atoms with Crippen molar-refractivity contribution in [1.82, 2.24) is 4.72 Å². The summed E-state index contributed by atoms with van der Waals surface area (Å²) in [4.78, 5) is 13.8. The monoisotopic (exact) mass is 348 g/mol. The molecule has 6 heteroatoms. The first-order chi connectivity index (χ1) is 11.5. The van der Waals surface area contributed by atoms with Gasteiger partial charge in [0.1, 0.15) is 0 Å². The number of amides is 1. The Kier molecular flexibility index (Phi) is 4.12. The van der Waals surface area contributed by atoms with Gasteiger partial charge in [0.2, 0.25) is 15.9 Å². The van der Waals surface area contributed by atoms with Crippen LogP contribution in [0.25, 0.3) is 0 Å². The molecule has 0 unspecified atom stereocenters. The Morgan fingerprint density at radius 3 is 2.50 bits per heavy atom. The highest BCUT2D eigenvalue weighted by molar-refractivity contribution is 7.89. The highest BCUT2D eigenvalue weighted by Gasteiger charge is 2.39. The highest BCUT2D eigenvalue weighted by atomic mass is 32.2. The number of hydrogen-bond acceptors (Lipinski definition) is 3. The zero-order chi connectivity index (χ0) is 16.7. The number of sulfonamides is 1. The lowest BCUT2D eigenvalue weighted by molar-refractivity contribution is -0.117. The summed E-state index contributed by atoms with van der Waals surface area (Å²) >= 11 is 0. The van der Waals surface area contributed by atoms with Crippen molar-refractivity contribution in [2.24, 2.45) is 17.8 Å². The van der Waals surface area contributed by atoms with Gasteiger partial charge in [0, 0.05) is 25.2 Å². The maximum Gasteiger partial charge on any atom is 0.240 e. The van der Waals surface area contributed by atoms with Crippen molar-refractivity contribution in [3.05, 3.63) is 24.3 Å². The summed E-state index contributed by atoms with van der Waals surface area (Å²) in [6.07, 6.45) is 6.48. The molecule has 24 heavy (non-hydrogen) atoms. The van der Waals surface area contributed by atoms with Gasteiger partial charge in [0.15, 0.2) is 0 Å². The van der Waals surface area contributed by atoms with Crippen molar-refractivity contribution in [1.29, 1.82) is 0 Å². The van der Waals surface area contributed by atoms with Crippen LogP contribution in [-0.2, 0) is 14.8 Å². The van der Waals surface area contributed by atoms with Gasteiger partial charge >= 0.3 is 0 Å². The van der Waals surface area contributed by atoms with Crippen molar-refractivity contribution in [2.75, 3.05) is 18.0 Å². The summed E-state index contributed by atoms with van der Waals surface area (Å²) < 4.78 is 27.8. The van der Waals surface area contributed by atoms with Gasteiger partial charge in [0.05, 0.1) is 4.90 Å². The molecular formula is C18H24N2O3S. The fourth-order valence-electron chi connectivity index (χ4n) is 4.65. The molecule has 1 heterocycles. The van der Waals surface area contributed by atoms with Crippen LogP contribution in [0.15, 0.2) is 29.2 Å². The molecule has 1 saturated heterocycles. The standard InChI is InChI=1S/C18H24N2O3S/c21-18-2-1-9-20(18)16-5-7-17(8-6-16)24(22,23)19-12-15-11-13-3-4-14(15)10-13/h5-8,13-15,19H,1-4,9-12H2/t13-,14-,15+/m0/s1. The molecule has 1 aliphatic heterocycles. The second-order valence-corrected chi connectivity index (χ2v) is 9.20. The van der Waals surface area contributed by atoms with E-state index in [-0.39, 0.29) is 10.8 Å². The Labute approximate surface area is 143 Å². The van der Waals surface area contributed by atoms with Crippen LogP contribution in [0, 0.1) is 17.8 Å². The van der Waals surface area contributed by atoms with Crippen molar-refractivity contribution >= 4 is 21.6 Å². The van der Waals surface area contributed by atoms with Gasteiger partial charge in [-0.15, -0.1) is 0 Å². The van der Waals surface area contributed by atoms with Crippen LogP contribution < -0.4 is 9.62 Å². The fourth-order valence-corrected chi connectivity index (χ4v) is 5.75. The molecule has 4 rings (SSSR count). The molecule has 3 atom stereocenters. The summed E-state index contributed by atoms with van der Waals surface area (Å²) in [6.45, 7) is 1.27. The molecule has 3 aliphatic rings. The smallest absolute Gasteiger partial charge is 0.240 e. The summed E-state index contributed by atoms with van der Waals surface area (Å²) in [7, 11) is -3.47. The maximum atomic E-state index is 12.5. The minimum absolute atomic E-state index is 0.111. The fraction of sp³-hybridized carbons (Fsp3) is 0.611. The number of rotatable bonds is 5. The molecule has 1 N–H and O–H groups in total. The Bertz CT molecular complexity index is 729. The van der Waals surface area contributed by atoms with Crippen molar-refractivity contribution in [3.8, 4) is 0 Å². The number of anilines is 1. The normalized spacial score (nSPS) is 29.6. The zero-order valence-corrected chi connectivity index (χ0v) is 14.6. The van der Waals surface area contributed by atoms with E-state index in [0.717, 1.165) is 18.0 Å². The van der Waals surface area contributed by atoms with E-state index in [1.165, 1.54) is 25.7 Å². The van der Waals surface area contributed by atoms with E-state index in [9.17, 15) is 13.2 Å². The molecule has 1 aromatic rings. The SMILES string of the molecule is O=C1CCCN1c1ccc(S(=O)(=O)NC[C@H]2C[C@H]3CC[C@H]2C3)cc1. The van der Waals surface area contributed by atoms with E-state index < -0.39 is 10.0 Å². The van der Waals surface area contributed by atoms with Crippen LogP contribution in [0.2, 0.25) is 0 Å². The molecule has 2 saturated carbocycles. The van der Waals surface area contributed by atoms with E-state index in [2.05, 4.69) is 4.72 Å². The number of nitrogens with one attached hydrogen (secondary N) is 1. The van der Waals surface area contributed by atoms with Gasteiger partial charge in [-0.2, -0.15) is 0 Å². The molecule has 2 bridgehead atoms. The van der Waals surface area contributed by atoms with Gasteiger partial charge in [0.25, 0.3) is 0 Å². The lowest BCUT2D eigenvalue weighted by atomic mass is 9.89. The molecule has 1 aromatic carbocycles. The van der Waals surface area contributed by atoms with E-state index >= 15 is 0 Å². The minimum atomic E-state index is -3.47. The van der Waals surface area contributed by atoms with E-state index in [1.54, 1.807) is 29.2 Å². The number of fused-ring (bicyclic) bond motifs is 2.